The number of amides is 1. The number of nitrogens with one attached hydrogen (secondary N) is 1. The third-order valence-corrected chi connectivity index (χ3v) is 6.12. The summed E-state index contributed by atoms with van der Waals surface area (Å²) in [6.07, 6.45) is 3.76. The molecule has 1 N–H and O–H groups in total. The first kappa shape index (κ1) is 21.8. The summed E-state index contributed by atoms with van der Waals surface area (Å²) in [6.45, 7) is 4.08. The standard InChI is InChI=1S/C23H22N8O2S/c1-14-18(15(2)31-21(24-14)26-22(28-31)34-3)12-20(32)25-17-8-6-7-16(11-17)13-30-23(33)29-10-5-4-9-19(29)27-30/h4-11H,12-13H2,1-3H3,(H,25,32). The number of aromatic nitrogens is 7. The monoisotopic (exact) mass is 474 g/mol. The zero-order valence-electron chi connectivity index (χ0n) is 18.9. The molecule has 1 aromatic carbocycles. The number of aryl methyl sites for hydroxylation is 2. The van der Waals surface area contributed by atoms with Crippen LogP contribution in [0.1, 0.15) is 22.5 Å². The van der Waals surface area contributed by atoms with Crippen molar-refractivity contribution >= 4 is 34.8 Å². The third-order valence-electron chi connectivity index (χ3n) is 5.58. The predicted octanol–water partition coefficient (Wildman–Crippen LogP) is 2.50. The van der Waals surface area contributed by atoms with Gasteiger partial charge in [0.1, 0.15) is 0 Å². The minimum absolute atomic E-state index is 0.158. The van der Waals surface area contributed by atoms with E-state index < -0.39 is 0 Å². The molecule has 1 amide bonds. The highest BCUT2D eigenvalue weighted by atomic mass is 32.2. The van der Waals surface area contributed by atoms with Crippen LogP contribution in [0.4, 0.5) is 5.69 Å². The molecule has 0 fully saturated rings. The molecular weight excluding hydrogens is 452 g/mol. The second-order valence-corrected chi connectivity index (χ2v) is 8.64. The minimum Gasteiger partial charge on any atom is -0.326 e. The van der Waals surface area contributed by atoms with Gasteiger partial charge in [-0.3, -0.25) is 9.20 Å². The van der Waals surface area contributed by atoms with Crippen molar-refractivity contribution in [3.05, 3.63) is 81.7 Å². The highest BCUT2D eigenvalue weighted by Gasteiger charge is 2.16. The zero-order valence-corrected chi connectivity index (χ0v) is 19.7. The van der Waals surface area contributed by atoms with Crippen LogP contribution in [0.5, 0.6) is 0 Å². The maximum Gasteiger partial charge on any atom is 0.350 e. The molecule has 0 aliphatic carbocycles. The molecule has 10 nitrogen and oxygen atoms in total. The average Bonchev–Trinajstić information content (AvgIpc) is 3.38. The summed E-state index contributed by atoms with van der Waals surface area (Å²) < 4.78 is 4.58. The molecule has 0 bridgehead atoms. The SMILES string of the molecule is CSc1nc2nc(C)c(CC(=O)Nc3cccc(Cn4nc5ccccn5c4=O)c3)c(C)n2n1. The highest BCUT2D eigenvalue weighted by Crippen LogP contribution is 2.18. The Morgan fingerprint density at radius 1 is 1.09 bits per heavy atom. The Bertz CT molecular complexity index is 1600. The molecule has 5 rings (SSSR count). The summed E-state index contributed by atoms with van der Waals surface area (Å²) in [5.74, 6) is 0.359. The molecule has 0 unspecified atom stereocenters. The molecule has 0 aliphatic heterocycles. The molecule has 0 atom stereocenters. The number of rotatable bonds is 6. The Balaban J connectivity index is 1.34. The van der Waals surface area contributed by atoms with Crippen molar-refractivity contribution in [2.75, 3.05) is 11.6 Å². The zero-order chi connectivity index (χ0) is 23.8. The number of fused-ring (bicyclic) bond motifs is 2. The lowest BCUT2D eigenvalue weighted by atomic mass is 10.1. The van der Waals surface area contributed by atoms with Gasteiger partial charge in [0.05, 0.1) is 13.0 Å². The Labute approximate surface area is 198 Å². The number of benzene rings is 1. The quantitative estimate of drug-likeness (QED) is 0.376. The second kappa shape index (κ2) is 8.75. The van der Waals surface area contributed by atoms with Crippen LogP contribution in [0.25, 0.3) is 11.4 Å². The fourth-order valence-electron chi connectivity index (χ4n) is 3.89. The first-order valence-electron chi connectivity index (χ1n) is 10.6. The number of hydrogen-bond donors (Lipinski definition) is 1. The smallest absolute Gasteiger partial charge is 0.326 e. The van der Waals surface area contributed by atoms with Crippen LogP contribution >= 0.6 is 11.8 Å². The van der Waals surface area contributed by atoms with E-state index in [9.17, 15) is 9.59 Å². The molecule has 0 saturated heterocycles. The molecule has 4 aromatic heterocycles. The average molecular weight is 475 g/mol. The first-order valence-corrected chi connectivity index (χ1v) is 11.9. The maximum absolute atomic E-state index is 12.9. The number of anilines is 1. The molecule has 172 valence electrons. The van der Waals surface area contributed by atoms with Gasteiger partial charge in [-0.2, -0.15) is 4.98 Å². The van der Waals surface area contributed by atoms with E-state index in [-0.39, 0.29) is 18.0 Å². The highest BCUT2D eigenvalue weighted by molar-refractivity contribution is 7.98. The van der Waals surface area contributed by atoms with Gasteiger partial charge in [-0.05, 0) is 49.9 Å². The van der Waals surface area contributed by atoms with E-state index in [0.717, 1.165) is 22.5 Å². The van der Waals surface area contributed by atoms with Crippen LogP contribution in [0.3, 0.4) is 0 Å². The van der Waals surface area contributed by atoms with Crippen molar-refractivity contribution in [3.8, 4) is 0 Å². The number of nitrogens with zero attached hydrogens (tertiary/aromatic N) is 7. The van der Waals surface area contributed by atoms with E-state index in [0.29, 0.717) is 28.8 Å². The predicted molar refractivity (Wildman–Crippen MR) is 129 cm³/mol. The number of pyridine rings is 1. The van der Waals surface area contributed by atoms with E-state index in [2.05, 4.69) is 25.5 Å². The Morgan fingerprint density at radius 2 is 1.94 bits per heavy atom. The van der Waals surface area contributed by atoms with E-state index >= 15 is 0 Å². The number of thioether (sulfide) groups is 1. The molecule has 0 spiro atoms. The van der Waals surface area contributed by atoms with Gasteiger partial charge in [0.15, 0.2) is 5.65 Å². The van der Waals surface area contributed by atoms with Crippen molar-refractivity contribution in [3.63, 3.8) is 0 Å². The Kier molecular flexibility index (Phi) is 5.62. The maximum atomic E-state index is 12.9. The molecule has 0 radical (unpaired) electrons. The van der Waals surface area contributed by atoms with Gasteiger partial charge in [0.2, 0.25) is 11.1 Å². The van der Waals surface area contributed by atoms with Crippen molar-refractivity contribution in [1.82, 2.24) is 33.8 Å². The summed E-state index contributed by atoms with van der Waals surface area (Å²) in [7, 11) is 0. The largest absolute Gasteiger partial charge is 0.350 e. The lowest BCUT2D eigenvalue weighted by Crippen LogP contribution is -2.21. The molecule has 11 heteroatoms. The lowest BCUT2D eigenvalue weighted by molar-refractivity contribution is -0.115. The molecule has 5 aromatic rings. The topological polar surface area (TPSA) is 111 Å². The fraction of sp³-hybridized carbons (Fsp3) is 0.217. The Hall–Kier alpha value is -3.99. The van der Waals surface area contributed by atoms with Gasteiger partial charge in [-0.1, -0.05) is 30.0 Å². The van der Waals surface area contributed by atoms with E-state index in [1.807, 2.05) is 50.4 Å². The van der Waals surface area contributed by atoms with Crippen molar-refractivity contribution in [2.24, 2.45) is 0 Å². The van der Waals surface area contributed by atoms with Gasteiger partial charge in [-0.15, -0.1) is 10.2 Å². The van der Waals surface area contributed by atoms with E-state index in [4.69, 9.17) is 0 Å². The molecular formula is C23H22N8O2S. The van der Waals surface area contributed by atoms with Gasteiger partial charge < -0.3 is 5.32 Å². The van der Waals surface area contributed by atoms with E-state index in [1.54, 1.807) is 22.8 Å². The van der Waals surface area contributed by atoms with Gasteiger partial charge >= 0.3 is 5.69 Å². The fourth-order valence-corrected chi connectivity index (χ4v) is 4.23. The van der Waals surface area contributed by atoms with Crippen LogP contribution in [-0.4, -0.2) is 45.9 Å². The number of carbonyl (C=O) groups excluding carboxylic acids is 1. The molecule has 0 aliphatic rings. The van der Waals surface area contributed by atoms with Crippen molar-refractivity contribution in [1.29, 1.82) is 0 Å². The number of carbonyl (C=O) groups is 1. The first-order chi connectivity index (χ1) is 16.4. The van der Waals surface area contributed by atoms with Crippen LogP contribution < -0.4 is 11.0 Å². The van der Waals surface area contributed by atoms with Gasteiger partial charge in [0.25, 0.3) is 5.78 Å². The summed E-state index contributed by atoms with van der Waals surface area (Å²) in [6, 6.07) is 12.8. The molecule has 0 saturated carbocycles. The summed E-state index contributed by atoms with van der Waals surface area (Å²) in [5.41, 5.74) is 4.28. The lowest BCUT2D eigenvalue weighted by Gasteiger charge is -2.11. The summed E-state index contributed by atoms with van der Waals surface area (Å²) in [5, 5.41) is 12.4. The van der Waals surface area contributed by atoms with Crippen LogP contribution in [-0.2, 0) is 17.8 Å². The van der Waals surface area contributed by atoms with Gasteiger partial charge in [0, 0.05) is 28.8 Å². The second-order valence-electron chi connectivity index (χ2n) is 7.87. The minimum atomic E-state index is -0.211. The summed E-state index contributed by atoms with van der Waals surface area (Å²) >= 11 is 1.44. The van der Waals surface area contributed by atoms with Crippen LogP contribution in [0.2, 0.25) is 0 Å². The Morgan fingerprint density at radius 3 is 2.74 bits per heavy atom. The molecule has 34 heavy (non-hydrogen) atoms. The molecule has 4 heterocycles. The summed E-state index contributed by atoms with van der Waals surface area (Å²) in [4.78, 5) is 34.3. The van der Waals surface area contributed by atoms with E-state index in [1.165, 1.54) is 20.8 Å². The number of hydrogen-bond acceptors (Lipinski definition) is 7. The normalized spacial score (nSPS) is 11.4. The van der Waals surface area contributed by atoms with Gasteiger partial charge in [-0.25, -0.2) is 19.0 Å². The third kappa shape index (κ3) is 4.05. The van der Waals surface area contributed by atoms with Crippen LogP contribution in [0.15, 0.2) is 58.6 Å². The van der Waals surface area contributed by atoms with Crippen LogP contribution in [0, 0.1) is 13.8 Å². The van der Waals surface area contributed by atoms with Crippen molar-refractivity contribution in [2.45, 2.75) is 32.0 Å². The van der Waals surface area contributed by atoms with Crippen molar-refractivity contribution < 1.29 is 4.79 Å².